The Hall–Kier alpha value is -0.770. The lowest BCUT2D eigenvalue weighted by Crippen LogP contribution is -2.61. The van der Waals surface area contributed by atoms with E-state index in [0.717, 1.165) is 5.56 Å². The summed E-state index contributed by atoms with van der Waals surface area (Å²) < 4.78 is 0. The van der Waals surface area contributed by atoms with Crippen molar-refractivity contribution in [1.29, 1.82) is 0 Å². The van der Waals surface area contributed by atoms with E-state index < -0.39 is 0 Å². The number of hydrogen-bond acceptors (Lipinski definition) is 2. The number of amides is 1. The van der Waals surface area contributed by atoms with Gasteiger partial charge in [-0.15, -0.1) is 0 Å². The van der Waals surface area contributed by atoms with Crippen LogP contribution in [0.1, 0.15) is 25.8 Å². The van der Waals surface area contributed by atoms with E-state index in [-0.39, 0.29) is 29.9 Å². The molecule has 1 saturated carbocycles. The van der Waals surface area contributed by atoms with Gasteiger partial charge in [0.1, 0.15) is 0 Å². The molecule has 19 heavy (non-hydrogen) atoms. The summed E-state index contributed by atoms with van der Waals surface area (Å²) in [6.07, 6.45) is 0.530. The molecule has 1 aliphatic rings. The van der Waals surface area contributed by atoms with E-state index in [0.29, 0.717) is 16.5 Å². The number of aliphatic hydroxyl groups is 1. The Balaban J connectivity index is 1.93. The number of carbonyl (C=O) groups is 1. The molecule has 2 unspecified atom stereocenters. The number of nitrogens with one attached hydrogen (secondary N) is 1. The molecule has 0 heterocycles. The van der Waals surface area contributed by atoms with E-state index >= 15 is 0 Å². The average molecular weight is 302 g/mol. The maximum atomic E-state index is 11.9. The van der Waals surface area contributed by atoms with Gasteiger partial charge in [0.2, 0.25) is 5.91 Å². The van der Waals surface area contributed by atoms with Crippen molar-refractivity contribution < 1.29 is 9.90 Å². The maximum absolute atomic E-state index is 11.9. The molecule has 104 valence electrons. The lowest BCUT2D eigenvalue weighted by atomic mass is 9.64. The minimum Gasteiger partial charge on any atom is -0.392 e. The largest absolute Gasteiger partial charge is 0.392 e. The smallest absolute Gasteiger partial charge is 0.224 e. The van der Waals surface area contributed by atoms with E-state index in [2.05, 4.69) is 5.32 Å². The lowest BCUT2D eigenvalue weighted by Gasteiger charge is -2.49. The fourth-order valence-electron chi connectivity index (χ4n) is 2.23. The average Bonchev–Trinajstić information content (AvgIpc) is 2.33. The van der Waals surface area contributed by atoms with Crippen LogP contribution in [0.4, 0.5) is 0 Å². The summed E-state index contributed by atoms with van der Waals surface area (Å²) in [5.41, 5.74) is 0.567. The normalized spacial score (nSPS) is 24.7. The first-order valence-electron chi connectivity index (χ1n) is 6.22. The van der Waals surface area contributed by atoms with Crippen LogP contribution in [0.2, 0.25) is 10.0 Å². The van der Waals surface area contributed by atoms with Gasteiger partial charge in [0, 0.05) is 11.5 Å². The van der Waals surface area contributed by atoms with Gasteiger partial charge in [-0.25, -0.2) is 0 Å². The van der Waals surface area contributed by atoms with Crippen molar-refractivity contribution in [3.8, 4) is 0 Å². The van der Waals surface area contributed by atoms with E-state index in [1.807, 2.05) is 13.8 Å². The predicted molar refractivity (Wildman–Crippen MR) is 76.5 cm³/mol. The fraction of sp³-hybridized carbons (Fsp3) is 0.500. The maximum Gasteiger partial charge on any atom is 0.224 e. The number of rotatable bonds is 3. The zero-order valence-corrected chi connectivity index (χ0v) is 12.4. The van der Waals surface area contributed by atoms with Crippen LogP contribution in [0, 0.1) is 5.41 Å². The molecule has 5 heteroatoms. The number of hydrogen-bond donors (Lipinski definition) is 2. The highest BCUT2D eigenvalue weighted by molar-refractivity contribution is 6.42. The first-order chi connectivity index (χ1) is 8.80. The standard InChI is InChI=1S/C14H17Cl2NO2/c1-14(2)11(7-12(14)18)17-13(19)6-8-3-4-9(15)10(16)5-8/h3-5,11-12,18H,6-7H2,1-2H3,(H,17,19). The zero-order chi connectivity index (χ0) is 14.2. The summed E-state index contributed by atoms with van der Waals surface area (Å²) in [5, 5.41) is 13.5. The highest BCUT2D eigenvalue weighted by Crippen LogP contribution is 2.40. The summed E-state index contributed by atoms with van der Waals surface area (Å²) in [6.45, 7) is 3.90. The molecule has 2 N–H and O–H groups in total. The van der Waals surface area contributed by atoms with E-state index in [9.17, 15) is 9.90 Å². The van der Waals surface area contributed by atoms with Crippen LogP contribution in [0.5, 0.6) is 0 Å². The lowest BCUT2D eigenvalue weighted by molar-refractivity contribution is -0.128. The zero-order valence-electron chi connectivity index (χ0n) is 10.9. The van der Waals surface area contributed by atoms with Crippen molar-refractivity contribution in [1.82, 2.24) is 5.32 Å². The number of carbonyl (C=O) groups excluding carboxylic acids is 1. The molecular weight excluding hydrogens is 285 g/mol. The third kappa shape index (κ3) is 3.04. The van der Waals surface area contributed by atoms with Crippen molar-refractivity contribution in [2.45, 2.75) is 38.8 Å². The minimum absolute atomic E-state index is 0.0257. The Bertz CT molecular complexity index is 502. The molecular formula is C14H17Cl2NO2. The monoisotopic (exact) mass is 301 g/mol. The quantitative estimate of drug-likeness (QED) is 0.902. The van der Waals surface area contributed by atoms with Gasteiger partial charge in [0.05, 0.1) is 22.6 Å². The van der Waals surface area contributed by atoms with Crippen LogP contribution >= 0.6 is 23.2 Å². The molecule has 0 saturated heterocycles. The second-order valence-electron chi connectivity index (χ2n) is 5.62. The van der Waals surface area contributed by atoms with Gasteiger partial charge in [-0.05, 0) is 24.1 Å². The Morgan fingerprint density at radius 1 is 1.42 bits per heavy atom. The van der Waals surface area contributed by atoms with Crippen LogP contribution in [0.3, 0.4) is 0 Å². The van der Waals surface area contributed by atoms with E-state index in [1.165, 1.54) is 0 Å². The Labute approximate surface area is 122 Å². The van der Waals surface area contributed by atoms with E-state index in [1.54, 1.807) is 18.2 Å². The highest BCUT2D eigenvalue weighted by atomic mass is 35.5. The third-order valence-corrected chi connectivity index (χ3v) is 4.64. The summed E-state index contributed by atoms with van der Waals surface area (Å²) in [6, 6.07) is 5.19. The third-order valence-electron chi connectivity index (χ3n) is 3.90. The van der Waals surface area contributed by atoms with Gasteiger partial charge in [-0.2, -0.15) is 0 Å². The van der Waals surface area contributed by atoms with Crippen molar-refractivity contribution in [2.24, 2.45) is 5.41 Å². The van der Waals surface area contributed by atoms with Crippen LogP contribution in [0.25, 0.3) is 0 Å². The van der Waals surface area contributed by atoms with Gasteiger partial charge in [0.15, 0.2) is 0 Å². The van der Waals surface area contributed by atoms with Crippen molar-refractivity contribution in [3.63, 3.8) is 0 Å². The first-order valence-corrected chi connectivity index (χ1v) is 6.97. The molecule has 0 bridgehead atoms. The molecule has 1 fully saturated rings. The van der Waals surface area contributed by atoms with Gasteiger partial charge in [-0.1, -0.05) is 43.1 Å². The summed E-state index contributed by atoms with van der Waals surface area (Å²) in [4.78, 5) is 11.9. The minimum atomic E-state index is -0.345. The number of benzene rings is 1. The molecule has 1 aromatic rings. The first kappa shape index (κ1) is 14.6. The topological polar surface area (TPSA) is 49.3 Å². The van der Waals surface area contributed by atoms with E-state index in [4.69, 9.17) is 23.2 Å². The Kier molecular flexibility index (Phi) is 4.09. The van der Waals surface area contributed by atoms with Crippen molar-refractivity contribution >= 4 is 29.1 Å². The number of aliphatic hydroxyl groups excluding tert-OH is 1. The summed E-state index contributed by atoms with van der Waals surface area (Å²) in [7, 11) is 0. The predicted octanol–water partition coefficient (Wildman–Crippen LogP) is 2.81. The summed E-state index contributed by atoms with van der Waals surface area (Å²) in [5.74, 6) is -0.0663. The molecule has 1 amide bonds. The fourth-order valence-corrected chi connectivity index (χ4v) is 2.55. The molecule has 3 nitrogen and oxygen atoms in total. The molecule has 2 atom stereocenters. The van der Waals surface area contributed by atoms with Gasteiger partial charge in [-0.3, -0.25) is 4.79 Å². The molecule has 1 aliphatic carbocycles. The molecule has 2 rings (SSSR count). The highest BCUT2D eigenvalue weighted by Gasteiger charge is 2.47. The molecule has 0 spiro atoms. The van der Waals surface area contributed by atoms with Crippen LogP contribution in [-0.2, 0) is 11.2 Å². The molecule has 0 radical (unpaired) electrons. The van der Waals surface area contributed by atoms with Gasteiger partial charge < -0.3 is 10.4 Å². The molecule has 0 aliphatic heterocycles. The number of halogens is 2. The van der Waals surface area contributed by atoms with Crippen LogP contribution in [-0.4, -0.2) is 23.2 Å². The van der Waals surface area contributed by atoms with Crippen LogP contribution in [0.15, 0.2) is 18.2 Å². The van der Waals surface area contributed by atoms with Gasteiger partial charge in [0.25, 0.3) is 0 Å². The summed E-state index contributed by atoms with van der Waals surface area (Å²) >= 11 is 11.7. The van der Waals surface area contributed by atoms with Crippen molar-refractivity contribution in [3.05, 3.63) is 33.8 Å². The van der Waals surface area contributed by atoms with Gasteiger partial charge >= 0.3 is 0 Å². The molecule has 1 aromatic carbocycles. The van der Waals surface area contributed by atoms with Crippen molar-refractivity contribution in [2.75, 3.05) is 0 Å². The Morgan fingerprint density at radius 2 is 2.11 bits per heavy atom. The second-order valence-corrected chi connectivity index (χ2v) is 6.43. The second kappa shape index (κ2) is 5.31. The van der Waals surface area contributed by atoms with Crippen LogP contribution < -0.4 is 5.32 Å². The SMILES string of the molecule is CC1(C)C(O)CC1NC(=O)Cc1ccc(Cl)c(Cl)c1. The molecule has 0 aromatic heterocycles. The Morgan fingerprint density at radius 3 is 2.63 bits per heavy atom.